The first kappa shape index (κ1) is 13.7. The van der Waals surface area contributed by atoms with Gasteiger partial charge in [0.2, 0.25) is 5.91 Å². The predicted molar refractivity (Wildman–Crippen MR) is 70.1 cm³/mol. The SMILES string of the molecule is CC1(C)CC(=O)CN1C(=O)CCc1ccccc1F. The van der Waals surface area contributed by atoms with Crippen LogP contribution in [0, 0.1) is 5.82 Å². The normalized spacial score (nSPS) is 17.8. The van der Waals surface area contributed by atoms with Crippen LogP contribution in [0.5, 0.6) is 0 Å². The number of ketones is 1. The number of benzene rings is 1. The van der Waals surface area contributed by atoms with Crippen molar-refractivity contribution >= 4 is 11.7 Å². The third-order valence-electron chi connectivity index (χ3n) is 3.56. The van der Waals surface area contributed by atoms with Gasteiger partial charge in [-0.05, 0) is 31.9 Å². The highest BCUT2D eigenvalue weighted by Gasteiger charge is 2.39. The molecule has 0 saturated carbocycles. The number of carbonyl (C=O) groups is 2. The van der Waals surface area contributed by atoms with Crippen LogP contribution in [0.1, 0.15) is 32.3 Å². The molecule has 102 valence electrons. The number of Topliss-reactive ketones (excluding diaryl/α,β-unsaturated/α-hetero) is 1. The van der Waals surface area contributed by atoms with Gasteiger partial charge in [-0.25, -0.2) is 4.39 Å². The van der Waals surface area contributed by atoms with Crippen molar-refractivity contribution < 1.29 is 14.0 Å². The molecular weight excluding hydrogens is 245 g/mol. The van der Waals surface area contributed by atoms with Crippen LogP contribution in [0.4, 0.5) is 4.39 Å². The summed E-state index contributed by atoms with van der Waals surface area (Å²) in [6, 6.07) is 6.46. The average molecular weight is 263 g/mol. The molecule has 1 saturated heterocycles. The van der Waals surface area contributed by atoms with Crippen LogP contribution >= 0.6 is 0 Å². The first-order chi connectivity index (χ1) is 8.90. The Kier molecular flexibility index (Phi) is 3.69. The van der Waals surface area contributed by atoms with E-state index in [2.05, 4.69) is 0 Å². The van der Waals surface area contributed by atoms with Crippen molar-refractivity contribution in [2.24, 2.45) is 0 Å². The minimum absolute atomic E-state index is 0.0842. The van der Waals surface area contributed by atoms with Crippen LogP contribution in [0.3, 0.4) is 0 Å². The van der Waals surface area contributed by atoms with E-state index in [1.165, 1.54) is 6.07 Å². The van der Waals surface area contributed by atoms with Gasteiger partial charge in [0.25, 0.3) is 0 Å². The maximum absolute atomic E-state index is 13.5. The highest BCUT2D eigenvalue weighted by molar-refractivity contribution is 5.91. The molecule has 0 bridgehead atoms. The molecule has 2 rings (SSSR count). The van der Waals surface area contributed by atoms with Crippen LogP contribution in [0.25, 0.3) is 0 Å². The second kappa shape index (κ2) is 5.11. The molecule has 0 aliphatic carbocycles. The summed E-state index contributed by atoms with van der Waals surface area (Å²) in [5.41, 5.74) is 0.128. The summed E-state index contributed by atoms with van der Waals surface area (Å²) in [4.78, 5) is 25.2. The molecule has 1 fully saturated rings. The lowest BCUT2D eigenvalue weighted by Crippen LogP contribution is -2.42. The number of carbonyl (C=O) groups excluding carboxylic acids is 2. The van der Waals surface area contributed by atoms with Crippen LogP contribution in [-0.4, -0.2) is 28.7 Å². The monoisotopic (exact) mass is 263 g/mol. The van der Waals surface area contributed by atoms with E-state index < -0.39 is 5.54 Å². The second-order valence-corrected chi connectivity index (χ2v) is 5.60. The van der Waals surface area contributed by atoms with Crippen molar-refractivity contribution in [3.63, 3.8) is 0 Å². The van der Waals surface area contributed by atoms with Gasteiger partial charge in [0, 0.05) is 18.4 Å². The maximum Gasteiger partial charge on any atom is 0.223 e. The van der Waals surface area contributed by atoms with E-state index in [1.54, 1.807) is 23.1 Å². The van der Waals surface area contributed by atoms with Gasteiger partial charge in [-0.3, -0.25) is 9.59 Å². The highest BCUT2D eigenvalue weighted by Crippen LogP contribution is 2.27. The van der Waals surface area contributed by atoms with Crippen molar-refractivity contribution in [1.82, 2.24) is 4.90 Å². The van der Waals surface area contributed by atoms with Crippen molar-refractivity contribution in [3.05, 3.63) is 35.6 Å². The second-order valence-electron chi connectivity index (χ2n) is 5.60. The van der Waals surface area contributed by atoms with Crippen LogP contribution in [-0.2, 0) is 16.0 Å². The van der Waals surface area contributed by atoms with Gasteiger partial charge < -0.3 is 4.90 Å². The molecule has 0 atom stereocenters. The van der Waals surface area contributed by atoms with E-state index in [1.807, 2.05) is 13.8 Å². The number of rotatable bonds is 3. The summed E-state index contributed by atoms with van der Waals surface area (Å²) in [6.07, 6.45) is 1.00. The third-order valence-corrected chi connectivity index (χ3v) is 3.56. The molecule has 3 nitrogen and oxygen atoms in total. The Morgan fingerprint density at radius 2 is 2.05 bits per heavy atom. The van der Waals surface area contributed by atoms with Crippen LogP contribution in [0.2, 0.25) is 0 Å². The fraction of sp³-hybridized carbons (Fsp3) is 0.467. The van der Waals surface area contributed by atoms with Crippen molar-refractivity contribution in [2.75, 3.05) is 6.54 Å². The third kappa shape index (κ3) is 3.00. The molecule has 1 amide bonds. The fourth-order valence-electron chi connectivity index (χ4n) is 2.53. The summed E-state index contributed by atoms with van der Waals surface area (Å²) < 4.78 is 13.5. The van der Waals surface area contributed by atoms with Gasteiger partial charge in [-0.1, -0.05) is 18.2 Å². The van der Waals surface area contributed by atoms with Gasteiger partial charge in [-0.2, -0.15) is 0 Å². The number of nitrogens with zero attached hydrogens (tertiary/aromatic N) is 1. The summed E-state index contributed by atoms with van der Waals surface area (Å²) in [6.45, 7) is 3.96. The van der Waals surface area contributed by atoms with E-state index in [0.717, 1.165) is 0 Å². The van der Waals surface area contributed by atoms with E-state index in [0.29, 0.717) is 18.4 Å². The number of amides is 1. The number of hydrogen-bond acceptors (Lipinski definition) is 2. The first-order valence-electron chi connectivity index (χ1n) is 6.46. The predicted octanol–water partition coefficient (Wildman–Crippen LogP) is 2.34. The van der Waals surface area contributed by atoms with Gasteiger partial charge in [0.05, 0.1) is 6.54 Å². The molecule has 1 heterocycles. The number of halogens is 1. The first-order valence-corrected chi connectivity index (χ1v) is 6.46. The molecule has 1 aromatic carbocycles. The number of aryl methyl sites for hydroxylation is 1. The Bertz CT molecular complexity index is 511. The summed E-state index contributed by atoms with van der Waals surface area (Å²) in [7, 11) is 0. The molecule has 1 aliphatic heterocycles. The van der Waals surface area contributed by atoms with Gasteiger partial charge in [0.15, 0.2) is 5.78 Å². The Morgan fingerprint density at radius 3 is 2.63 bits per heavy atom. The Balaban J connectivity index is 1.99. The van der Waals surface area contributed by atoms with Gasteiger partial charge in [-0.15, -0.1) is 0 Å². The zero-order valence-electron chi connectivity index (χ0n) is 11.3. The molecule has 19 heavy (non-hydrogen) atoms. The van der Waals surface area contributed by atoms with E-state index in [9.17, 15) is 14.0 Å². The standard InChI is InChI=1S/C15H18FNO2/c1-15(2)9-12(18)10-17(15)14(19)8-7-11-5-3-4-6-13(11)16/h3-6H,7-10H2,1-2H3. The summed E-state index contributed by atoms with van der Waals surface area (Å²) in [5.74, 6) is -0.282. The smallest absolute Gasteiger partial charge is 0.223 e. The van der Waals surface area contributed by atoms with Crippen molar-refractivity contribution in [3.8, 4) is 0 Å². The Labute approximate surface area is 112 Å². The molecule has 0 spiro atoms. The Hall–Kier alpha value is -1.71. The Morgan fingerprint density at radius 1 is 1.37 bits per heavy atom. The minimum Gasteiger partial charge on any atom is -0.330 e. The number of likely N-dealkylation sites (tertiary alicyclic amines) is 1. The fourth-order valence-corrected chi connectivity index (χ4v) is 2.53. The molecule has 4 heteroatoms. The van der Waals surface area contributed by atoms with Crippen LogP contribution in [0.15, 0.2) is 24.3 Å². The highest BCUT2D eigenvalue weighted by atomic mass is 19.1. The van der Waals surface area contributed by atoms with Crippen molar-refractivity contribution in [2.45, 2.75) is 38.6 Å². The minimum atomic E-state index is -0.413. The largest absolute Gasteiger partial charge is 0.330 e. The zero-order valence-corrected chi connectivity index (χ0v) is 11.3. The average Bonchev–Trinajstić information content (AvgIpc) is 2.61. The molecule has 0 N–H and O–H groups in total. The lowest BCUT2D eigenvalue weighted by molar-refractivity contribution is -0.135. The lowest BCUT2D eigenvalue weighted by atomic mass is 10.0. The molecule has 0 radical (unpaired) electrons. The van der Waals surface area contributed by atoms with Crippen LogP contribution < -0.4 is 0 Å². The summed E-state index contributed by atoms with van der Waals surface area (Å²) in [5, 5.41) is 0. The molecule has 1 aromatic rings. The maximum atomic E-state index is 13.5. The van der Waals surface area contributed by atoms with E-state index >= 15 is 0 Å². The molecule has 0 aromatic heterocycles. The topological polar surface area (TPSA) is 37.4 Å². The quantitative estimate of drug-likeness (QED) is 0.839. The summed E-state index contributed by atoms with van der Waals surface area (Å²) >= 11 is 0. The zero-order chi connectivity index (χ0) is 14.0. The lowest BCUT2D eigenvalue weighted by Gasteiger charge is -2.30. The molecule has 1 aliphatic rings. The van der Waals surface area contributed by atoms with Gasteiger partial charge >= 0.3 is 0 Å². The molecule has 0 unspecified atom stereocenters. The number of hydrogen-bond donors (Lipinski definition) is 0. The van der Waals surface area contributed by atoms with Crippen molar-refractivity contribution in [1.29, 1.82) is 0 Å². The van der Waals surface area contributed by atoms with E-state index in [-0.39, 0.29) is 30.5 Å². The molecular formula is C15H18FNO2. The van der Waals surface area contributed by atoms with E-state index in [4.69, 9.17) is 0 Å². The van der Waals surface area contributed by atoms with Gasteiger partial charge in [0.1, 0.15) is 5.82 Å².